The van der Waals surface area contributed by atoms with E-state index in [1.165, 1.54) is 64.2 Å². The Hall–Kier alpha value is -6.42. The summed E-state index contributed by atoms with van der Waals surface area (Å²) in [5, 5.41) is 5.12. The zero-order valence-corrected chi connectivity index (χ0v) is 28.6. The van der Waals surface area contributed by atoms with Crippen molar-refractivity contribution in [1.29, 1.82) is 0 Å². The molecule has 0 aliphatic carbocycles. The summed E-state index contributed by atoms with van der Waals surface area (Å²) in [5.41, 5.74) is 11.7. The van der Waals surface area contributed by atoms with Crippen LogP contribution in [0.2, 0.25) is 0 Å². The van der Waals surface area contributed by atoms with Gasteiger partial charge in [0.05, 0.1) is 22.4 Å². The van der Waals surface area contributed by atoms with Crippen molar-refractivity contribution in [3.05, 3.63) is 194 Å². The second-order valence-corrected chi connectivity index (χ2v) is 14.0. The number of para-hydroxylation sites is 5. The van der Waals surface area contributed by atoms with Gasteiger partial charge in [0.1, 0.15) is 0 Å². The molecule has 0 bridgehead atoms. The van der Waals surface area contributed by atoms with E-state index in [0.29, 0.717) is 0 Å². The normalized spacial score (nSPS) is 11.5. The van der Waals surface area contributed by atoms with E-state index in [2.05, 4.69) is 204 Å². The van der Waals surface area contributed by atoms with E-state index in [1.807, 2.05) is 11.3 Å². The SMILES string of the molecule is c1ccc(N(c2ccccc2)c2ccc(-c3ccccc3-n3c4ccccc4c4ccccc43)cc2-c2cccc3c2sc2ccccc23)cc1. The highest BCUT2D eigenvalue weighted by Gasteiger charge is 2.22. The van der Waals surface area contributed by atoms with Gasteiger partial charge in [-0.1, -0.05) is 133 Å². The molecule has 8 aromatic carbocycles. The predicted octanol–water partition coefficient (Wildman–Crippen LogP) is 14.0. The number of hydrogen-bond acceptors (Lipinski definition) is 2. The molecule has 0 N–H and O–H groups in total. The third kappa shape index (κ3) is 4.85. The third-order valence-electron chi connectivity index (χ3n) is 10.00. The van der Waals surface area contributed by atoms with Gasteiger partial charge in [-0.2, -0.15) is 0 Å². The van der Waals surface area contributed by atoms with Crippen LogP contribution >= 0.6 is 11.3 Å². The molecule has 0 aliphatic heterocycles. The summed E-state index contributed by atoms with van der Waals surface area (Å²) < 4.78 is 5.03. The molecule has 10 aromatic rings. The first-order valence-electron chi connectivity index (χ1n) is 17.4. The van der Waals surface area contributed by atoms with Crippen molar-refractivity contribution in [2.75, 3.05) is 4.90 Å². The zero-order valence-electron chi connectivity index (χ0n) is 27.8. The van der Waals surface area contributed by atoms with Crippen molar-refractivity contribution < 1.29 is 0 Å². The Bertz CT molecular complexity index is 2770. The van der Waals surface area contributed by atoms with Crippen LogP contribution in [0, 0.1) is 0 Å². The standard InChI is InChI=1S/C48H32N2S/c1-3-16-34(17-4-1)49(35-18-5-2-6-19-35)46-31-30-33(32-42(46)41-25-15-24-40-39-23-10-14-29-47(39)51-48(40)41)36-20-7-11-26-43(36)50-44-27-12-8-21-37(44)38-22-9-13-28-45(38)50/h1-32H. The van der Waals surface area contributed by atoms with Gasteiger partial charge in [-0.25, -0.2) is 0 Å². The first kappa shape index (κ1) is 29.5. The zero-order chi connectivity index (χ0) is 33.7. The van der Waals surface area contributed by atoms with Crippen LogP contribution in [0.4, 0.5) is 17.1 Å². The second kappa shape index (κ2) is 12.2. The quantitative estimate of drug-likeness (QED) is 0.171. The first-order valence-corrected chi connectivity index (χ1v) is 18.2. The van der Waals surface area contributed by atoms with Gasteiger partial charge in [-0.3, -0.25) is 0 Å². The lowest BCUT2D eigenvalue weighted by Gasteiger charge is -2.28. The van der Waals surface area contributed by atoms with E-state index < -0.39 is 0 Å². The minimum atomic E-state index is 1.12. The molecule has 2 heterocycles. The molecule has 0 atom stereocenters. The Labute approximate surface area is 300 Å². The lowest BCUT2D eigenvalue weighted by molar-refractivity contribution is 1.18. The number of hydrogen-bond donors (Lipinski definition) is 0. The molecular weight excluding hydrogens is 637 g/mol. The number of aromatic nitrogens is 1. The van der Waals surface area contributed by atoms with E-state index in [-0.39, 0.29) is 0 Å². The van der Waals surface area contributed by atoms with Gasteiger partial charge in [0.25, 0.3) is 0 Å². The Balaban J connectivity index is 1.27. The number of anilines is 3. The summed E-state index contributed by atoms with van der Waals surface area (Å²) in [6.45, 7) is 0. The minimum Gasteiger partial charge on any atom is -0.310 e. The molecule has 0 fully saturated rings. The smallest absolute Gasteiger partial charge is 0.0541 e. The fourth-order valence-corrected chi connectivity index (χ4v) is 8.98. The van der Waals surface area contributed by atoms with Crippen LogP contribution < -0.4 is 4.90 Å². The number of fused-ring (bicyclic) bond motifs is 6. The van der Waals surface area contributed by atoms with E-state index in [0.717, 1.165) is 22.7 Å². The van der Waals surface area contributed by atoms with Gasteiger partial charge in [-0.05, 0) is 66.2 Å². The minimum absolute atomic E-state index is 1.12. The van der Waals surface area contributed by atoms with Crippen LogP contribution in [0.3, 0.4) is 0 Å². The Kier molecular flexibility index (Phi) is 7.04. The maximum absolute atomic E-state index is 2.43. The van der Waals surface area contributed by atoms with Crippen molar-refractivity contribution in [2.24, 2.45) is 0 Å². The maximum atomic E-state index is 2.43. The van der Waals surface area contributed by atoms with E-state index in [4.69, 9.17) is 0 Å². The molecule has 240 valence electrons. The van der Waals surface area contributed by atoms with Crippen LogP contribution in [0.5, 0.6) is 0 Å². The van der Waals surface area contributed by atoms with Gasteiger partial charge in [0.15, 0.2) is 0 Å². The lowest BCUT2D eigenvalue weighted by atomic mass is 9.94. The molecule has 2 aromatic heterocycles. The van der Waals surface area contributed by atoms with Crippen molar-refractivity contribution in [1.82, 2.24) is 4.57 Å². The van der Waals surface area contributed by atoms with E-state index >= 15 is 0 Å². The summed E-state index contributed by atoms with van der Waals surface area (Å²) in [5.74, 6) is 0. The monoisotopic (exact) mass is 668 g/mol. The van der Waals surface area contributed by atoms with Gasteiger partial charge in [0, 0.05) is 59.0 Å². The average molecular weight is 669 g/mol. The van der Waals surface area contributed by atoms with Crippen LogP contribution in [-0.4, -0.2) is 4.57 Å². The number of rotatable bonds is 6. The molecule has 0 radical (unpaired) electrons. The van der Waals surface area contributed by atoms with Crippen molar-refractivity contribution in [3.63, 3.8) is 0 Å². The molecule has 10 rings (SSSR count). The summed E-state index contributed by atoms with van der Waals surface area (Å²) in [6.07, 6.45) is 0. The summed E-state index contributed by atoms with van der Waals surface area (Å²) in [4.78, 5) is 2.39. The van der Waals surface area contributed by atoms with Crippen LogP contribution in [0.25, 0.3) is 69.9 Å². The molecule has 51 heavy (non-hydrogen) atoms. The van der Waals surface area contributed by atoms with Crippen molar-refractivity contribution in [3.8, 4) is 27.9 Å². The van der Waals surface area contributed by atoms with Gasteiger partial charge >= 0.3 is 0 Å². The highest BCUT2D eigenvalue weighted by atomic mass is 32.1. The second-order valence-electron chi connectivity index (χ2n) is 12.9. The first-order chi connectivity index (χ1) is 25.3. The predicted molar refractivity (Wildman–Crippen MR) is 219 cm³/mol. The molecule has 0 unspecified atom stereocenters. The van der Waals surface area contributed by atoms with Crippen LogP contribution in [-0.2, 0) is 0 Å². The van der Waals surface area contributed by atoms with Gasteiger partial charge in [0.2, 0.25) is 0 Å². The molecule has 0 amide bonds. The Morgan fingerprint density at radius 1 is 0.392 bits per heavy atom. The third-order valence-corrected chi connectivity index (χ3v) is 11.2. The van der Waals surface area contributed by atoms with Gasteiger partial charge in [-0.15, -0.1) is 11.3 Å². The summed E-state index contributed by atoms with van der Waals surface area (Å²) in [7, 11) is 0. The number of benzene rings is 8. The fourth-order valence-electron chi connectivity index (χ4n) is 7.75. The molecule has 0 saturated carbocycles. The lowest BCUT2D eigenvalue weighted by Crippen LogP contribution is -2.11. The van der Waals surface area contributed by atoms with Crippen molar-refractivity contribution in [2.45, 2.75) is 0 Å². The number of thiophene rings is 1. The highest BCUT2D eigenvalue weighted by molar-refractivity contribution is 7.26. The molecule has 3 heteroatoms. The summed E-state index contributed by atoms with van der Waals surface area (Å²) >= 11 is 1.88. The molecule has 0 aliphatic rings. The Morgan fingerprint density at radius 3 is 1.65 bits per heavy atom. The molecule has 0 spiro atoms. The molecule has 0 saturated heterocycles. The van der Waals surface area contributed by atoms with Crippen LogP contribution in [0.15, 0.2) is 194 Å². The highest BCUT2D eigenvalue weighted by Crippen LogP contribution is 2.47. The molecule has 2 nitrogen and oxygen atoms in total. The van der Waals surface area contributed by atoms with Gasteiger partial charge < -0.3 is 9.47 Å². The topological polar surface area (TPSA) is 8.17 Å². The van der Waals surface area contributed by atoms with Crippen LogP contribution in [0.1, 0.15) is 0 Å². The molecular formula is C48H32N2S. The Morgan fingerprint density at radius 2 is 0.941 bits per heavy atom. The maximum Gasteiger partial charge on any atom is 0.0541 e. The average Bonchev–Trinajstić information content (AvgIpc) is 3.75. The van der Waals surface area contributed by atoms with Crippen molar-refractivity contribution >= 4 is 70.4 Å². The largest absolute Gasteiger partial charge is 0.310 e. The summed E-state index contributed by atoms with van der Waals surface area (Å²) in [6, 6.07) is 70.4. The fraction of sp³-hybridized carbons (Fsp3) is 0. The van der Waals surface area contributed by atoms with E-state index in [1.54, 1.807) is 0 Å². The number of nitrogens with zero attached hydrogens (tertiary/aromatic N) is 2. The van der Waals surface area contributed by atoms with E-state index in [9.17, 15) is 0 Å².